The summed E-state index contributed by atoms with van der Waals surface area (Å²) in [7, 11) is 0. The minimum absolute atomic E-state index is 0. The summed E-state index contributed by atoms with van der Waals surface area (Å²) in [5.74, 6) is 0. The smallest absolute Gasteiger partial charge is 0.314 e. The Kier molecular flexibility index (Phi) is 6.50. The van der Waals surface area contributed by atoms with Gasteiger partial charge in [-0.05, 0) is 25.0 Å². The van der Waals surface area contributed by atoms with Gasteiger partial charge in [0.25, 0.3) is 0 Å². The topological polar surface area (TPSA) is 15.3 Å². The van der Waals surface area contributed by atoms with E-state index in [1.54, 1.807) is 0 Å². The summed E-state index contributed by atoms with van der Waals surface area (Å²) in [5.41, 5.74) is 2.75. The molecule has 21 heavy (non-hydrogen) atoms. The number of rotatable bonds is 3. The maximum Gasteiger partial charge on any atom is 0.390 e. The molecule has 1 N–H and O–H groups in total. The first-order valence-corrected chi connectivity index (χ1v) is 6.95. The fourth-order valence-electron chi connectivity index (χ4n) is 2.77. The standard InChI is InChI=1S/C15H21F3N2.ClH/c1-11-3-4-12(2)13(9-11)14(10-15(16,17)18)20-7-5-19-6-8-20;/h3-4,9,14,19H,5-8,10H2,1-2H3;1H/t14-;/m1./s1. The van der Waals surface area contributed by atoms with Crippen molar-refractivity contribution in [1.82, 2.24) is 10.2 Å². The summed E-state index contributed by atoms with van der Waals surface area (Å²) >= 11 is 0. The molecule has 2 rings (SSSR count). The highest BCUT2D eigenvalue weighted by molar-refractivity contribution is 5.85. The van der Waals surface area contributed by atoms with Crippen LogP contribution in [0.2, 0.25) is 0 Å². The first-order valence-electron chi connectivity index (χ1n) is 6.95. The molecular formula is C15H22ClF3N2. The van der Waals surface area contributed by atoms with Gasteiger partial charge in [-0.25, -0.2) is 0 Å². The molecule has 1 aliphatic heterocycles. The summed E-state index contributed by atoms with van der Waals surface area (Å²) in [6.07, 6.45) is -4.93. The highest BCUT2D eigenvalue weighted by atomic mass is 35.5. The van der Waals surface area contributed by atoms with Gasteiger partial charge < -0.3 is 5.32 Å². The van der Waals surface area contributed by atoms with Crippen molar-refractivity contribution in [2.75, 3.05) is 26.2 Å². The van der Waals surface area contributed by atoms with E-state index >= 15 is 0 Å². The van der Waals surface area contributed by atoms with Gasteiger partial charge in [-0.15, -0.1) is 12.4 Å². The number of benzene rings is 1. The fraction of sp³-hybridized carbons (Fsp3) is 0.600. The molecule has 0 bridgehead atoms. The van der Waals surface area contributed by atoms with Gasteiger partial charge in [0.05, 0.1) is 6.42 Å². The Morgan fingerprint density at radius 2 is 1.81 bits per heavy atom. The molecule has 6 heteroatoms. The van der Waals surface area contributed by atoms with Crippen LogP contribution in [-0.4, -0.2) is 37.3 Å². The van der Waals surface area contributed by atoms with E-state index < -0.39 is 18.6 Å². The van der Waals surface area contributed by atoms with Crippen molar-refractivity contribution in [3.63, 3.8) is 0 Å². The van der Waals surface area contributed by atoms with E-state index in [0.717, 1.165) is 29.8 Å². The van der Waals surface area contributed by atoms with Crippen molar-refractivity contribution in [3.05, 3.63) is 34.9 Å². The zero-order valence-electron chi connectivity index (χ0n) is 12.3. The second kappa shape index (κ2) is 7.47. The average Bonchev–Trinajstić information content (AvgIpc) is 2.39. The number of halogens is 4. The molecule has 1 saturated heterocycles. The van der Waals surface area contributed by atoms with Gasteiger partial charge in [0, 0.05) is 32.2 Å². The lowest BCUT2D eigenvalue weighted by molar-refractivity contribution is -0.148. The maximum absolute atomic E-state index is 12.9. The van der Waals surface area contributed by atoms with Crippen molar-refractivity contribution >= 4 is 12.4 Å². The summed E-state index contributed by atoms with van der Waals surface area (Å²) in [4.78, 5) is 1.95. The largest absolute Gasteiger partial charge is 0.390 e. The summed E-state index contributed by atoms with van der Waals surface area (Å²) in [5, 5.41) is 3.19. The molecule has 0 spiro atoms. The van der Waals surface area contributed by atoms with Gasteiger partial charge in [-0.1, -0.05) is 23.8 Å². The molecule has 1 atom stereocenters. The molecule has 0 aromatic heterocycles. The molecule has 1 aliphatic rings. The van der Waals surface area contributed by atoms with Gasteiger partial charge in [0.2, 0.25) is 0 Å². The third kappa shape index (κ3) is 5.16. The summed E-state index contributed by atoms with van der Waals surface area (Å²) in [6.45, 7) is 6.63. The molecule has 0 unspecified atom stereocenters. The lowest BCUT2D eigenvalue weighted by atomic mass is 9.95. The van der Waals surface area contributed by atoms with Gasteiger partial charge in [-0.3, -0.25) is 4.90 Å². The van der Waals surface area contributed by atoms with Crippen LogP contribution in [-0.2, 0) is 0 Å². The third-order valence-corrected chi connectivity index (χ3v) is 3.81. The predicted molar refractivity (Wildman–Crippen MR) is 81.0 cm³/mol. The summed E-state index contributed by atoms with van der Waals surface area (Å²) in [6, 6.07) is 5.18. The molecule has 1 aromatic carbocycles. The minimum atomic E-state index is -4.15. The van der Waals surface area contributed by atoms with Crippen LogP contribution >= 0.6 is 12.4 Å². The first kappa shape index (κ1) is 18.3. The molecule has 120 valence electrons. The number of nitrogens with zero attached hydrogens (tertiary/aromatic N) is 1. The van der Waals surface area contributed by atoms with Crippen molar-refractivity contribution < 1.29 is 13.2 Å². The van der Waals surface area contributed by atoms with Gasteiger partial charge in [0.15, 0.2) is 0 Å². The highest BCUT2D eigenvalue weighted by Crippen LogP contribution is 2.35. The number of hydrogen-bond acceptors (Lipinski definition) is 2. The number of piperazine rings is 1. The average molecular weight is 323 g/mol. The van der Waals surface area contributed by atoms with E-state index in [9.17, 15) is 13.2 Å². The van der Waals surface area contributed by atoms with Gasteiger partial charge in [0.1, 0.15) is 0 Å². The second-order valence-corrected chi connectivity index (χ2v) is 5.48. The maximum atomic E-state index is 12.9. The van der Waals surface area contributed by atoms with Crippen LogP contribution in [0.15, 0.2) is 18.2 Å². The lowest BCUT2D eigenvalue weighted by Crippen LogP contribution is -2.46. The zero-order valence-corrected chi connectivity index (χ0v) is 13.2. The van der Waals surface area contributed by atoms with Crippen LogP contribution < -0.4 is 5.32 Å². The van der Waals surface area contributed by atoms with E-state index in [-0.39, 0.29) is 12.4 Å². The molecule has 0 aliphatic carbocycles. The Morgan fingerprint density at radius 3 is 2.38 bits per heavy atom. The third-order valence-electron chi connectivity index (χ3n) is 3.81. The SMILES string of the molecule is Cc1ccc(C)c([C@@H](CC(F)(F)F)N2CCNCC2)c1.Cl. The van der Waals surface area contributed by atoms with Crippen LogP contribution in [0.3, 0.4) is 0 Å². The van der Waals surface area contributed by atoms with Crippen LogP contribution in [0, 0.1) is 13.8 Å². The molecule has 0 saturated carbocycles. The molecule has 1 aromatic rings. The second-order valence-electron chi connectivity index (χ2n) is 5.48. The molecule has 1 heterocycles. The van der Waals surface area contributed by atoms with E-state index in [1.807, 2.05) is 36.9 Å². The highest BCUT2D eigenvalue weighted by Gasteiger charge is 2.36. The van der Waals surface area contributed by atoms with E-state index in [2.05, 4.69) is 5.32 Å². The molecule has 0 radical (unpaired) electrons. The van der Waals surface area contributed by atoms with Crippen LogP contribution in [0.5, 0.6) is 0 Å². The Bertz CT molecular complexity index is 457. The van der Waals surface area contributed by atoms with Crippen LogP contribution in [0.25, 0.3) is 0 Å². The fourth-order valence-corrected chi connectivity index (χ4v) is 2.77. The van der Waals surface area contributed by atoms with Gasteiger partial charge >= 0.3 is 6.18 Å². The van der Waals surface area contributed by atoms with E-state index in [1.165, 1.54) is 0 Å². The van der Waals surface area contributed by atoms with E-state index in [4.69, 9.17) is 0 Å². The van der Waals surface area contributed by atoms with Crippen LogP contribution in [0.1, 0.15) is 29.2 Å². The number of aryl methyl sites for hydroxylation is 2. The molecule has 2 nitrogen and oxygen atoms in total. The van der Waals surface area contributed by atoms with Crippen molar-refractivity contribution in [2.24, 2.45) is 0 Å². The molecule has 1 fully saturated rings. The predicted octanol–water partition coefficient (Wildman–Crippen LogP) is 3.62. The Hall–Kier alpha value is -0.780. The first-order chi connectivity index (χ1) is 9.37. The number of nitrogens with one attached hydrogen (secondary N) is 1. The van der Waals surface area contributed by atoms with Crippen molar-refractivity contribution in [3.8, 4) is 0 Å². The Morgan fingerprint density at radius 1 is 1.19 bits per heavy atom. The molecular weight excluding hydrogens is 301 g/mol. The van der Waals surface area contributed by atoms with Gasteiger partial charge in [-0.2, -0.15) is 13.2 Å². The van der Waals surface area contributed by atoms with Crippen molar-refractivity contribution in [1.29, 1.82) is 0 Å². The molecule has 0 amide bonds. The zero-order chi connectivity index (χ0) is 14.8. The monoisotopic (exact) mass is 322 g/mol. The Balaban J connectivity index is 0.00000220. The normalized spacial score (nSPS) is 18.1. The van der Waals surface area contributed by atoms with Crippen molar-refractivity contribution in [2.45, 2.75) is 32.5 Å². The Labute approximate surface area is 130 Å². The quantitative estimate of drug-likeness (QED) is 0.914. The lowest BCUT2D eigenvalue weighted by Gasteiger charge is -2.36. The van der Waals surface area contributed by atoms with Crippen LogP contribution in [0.4, 0.5) is 13.2 Å². The minimum Gasteiger partial charge on any atom is -0.314 e. The van der Waals surface area contributed by atoms with E-state index in [0.29, 0.717) is 13.1 Å². The number of alkyl halides is 3. The summed E-state index contributed by atoms with van der Waals surface area (Å²) < 4.78 is 38.8. The number of hydrogen-bond donors (Lipinski definition) is 1.